The maximum atomic E-state index is 13.4. The first-order valence-electron chi connectivity index (χ1n) is 12.6. The highest BCUT2D eigenvalue weighted by molar-refractivity contribution is 6.07. The number of rotatable bonds is 3. The van der Waals surface area contributed by atoms with Crippen LogP contribution in [0.1, 0.15) is 61.7 Å². The number of hydrogen-bond acceptors (Lipinski definition) is 2. The van der Waals surface area contributed by atoms with Crippen molar-refractivity contribution in [1.82, 2.24) is 9.80 Å². The van der Waals surface area contributed by atoms with Gasteiger partial charge in [0.25, 0.3) is 5.91 Å². The summed E-state index contributed by atoms with van der Waals surface area (Å²) in [5.74, 6) is 3.08. The predicted molar refractivity (Wildman–Crippen MR) is 126 cm³/mol. The summed E-state index contributed by atoms with van der Waals surface area (Å²) in [5, 5.41) is 2.11. The van der Waals surface area contributed by atoms with Crippen LogP contribution in [0.4, 0.5) is 0 Å². The topological polar surface area (TPSA) is 40.6 Å². The van der Waals surface area contributed by atoms with Gasteiger partial charge in [0.05, 0.1) is 0 Å². The average Bonchev–Trinajstić information content (AvgIpc) is 3.03. The van der Waals surface area contributed by atoms with Gasteiger partial charge >= 0.3 is 0 Å². The van der Waals surface area contributed by atoms with Gasteiger partial charge in [-0.1, -0.05) is 36.4 Å². The van der Waals surface area contributed by atoms with Gasteiger partial charge in [-0.2, -0.15) is 0 Å². The lowest BCUT2D eigenvalue weighted by Gasteiger charge is -2.57. The van der Waals surface area contributed by atoms with Crippen molar-refractivity contribution in [1.29, 1.82) is 0 Å². The van der Waals surface area contributed by atoms with E-state index in [2.05, 4.69) is 17.0 Å². The van der Waals surface area contributed by atoms with E-state index < -0.39 is 0 Å². The van der Waals surface area contributed by atoms with Crippen LogP contribution in [0, 0.1) is 23.2 Å². The standard InChI is InChI=1S/C28H34N2O2/c31-26(19-28-16-20-13-21(17-28)15-22(14-20)18-28)29-9-4-10-30(12-11-29)27(32)25-8-3-6-23-5-1-2-7-24(23)25/h1-3,5-8,20-22H,4,9-19H2. The fraction of sp³-hybridized carbons (Fsp3) is 0.571. The highest BCUT2D eigenvalue weighted by atomic mass is 16.2. The maximum absolute atomic E-state index is 13.4. The summed E-state index contributed by atoms with van der Waals surface area (Å²) in [6.45, 7) is 2.81. The summed E-state index contributed by atoms with van der Waals surface area (Å²) in [5.41, 5.74) is 1.06. The van der Waals surface area contributed by atoms with Crippen LogP contribution in [-0.2, 0) is 4.79 Å². The third-order valence-electron chi connectivity index (χ3n) is 8.85. The number of fused-ring (bicyclic) bond motifs is 1. The van der Waals surface area contributed by atoms with E-state index in [1.165, 1.54) is 38.5 Å². The number of carbonyl (C=O) groups excluding carboxylic acids is 2. The molecule has 4 bridgehead atoms. The highest BCUT2D eigenvalue weighted by Gasteiger charge is 2.51. The van der Waals surface area contributed by atoms with E-state index in [0.29, 0.717) is 19.0 Å². The Bertz CT molecular complexity index is 1000. The molecular formula is C28H34N2O2. The van der Waals surface area contributed by atoms with Crippen LogP contribution in [0.2, 0.25) is 0 Å². The molecule has 0 N–H and O–H groups in total. The summed E-state index contributed by atoms with van der Waals surface area (Å²) < 4.78 is 0. The number of amides is 2. The lowest BCUT2D eigenvalue weighted by molar-refractivity contribution is -0.139. The van der Waals surface area contributed by atoms with Crippen LogP contribution in [0.25, 0.3) is 10.8 Å². The van der Waals surface area contributed by atoms with Crippen molar-refractivity contribution in [2.24, 2.45) is 23.2 Å². The molecule has 1 aliphatic heterocycles. The molecule has 0 aromatic heterocycles. The molecule has 4 saturated carbocycles. The Morgan fingerprint density at radius 3 is 2.16 bits per heavy atom. The van der Waals surface area contributed by atoms with Crippen molar-refractivity contribution in [3.05, 3.63) is 48.0 Å². The predicted octanol–water partition coefficient (Wildman–Crippen LogP) is 5.12. The van der Waals surface area contributed by atoms with Crippen LogP contribution in [0.5, 0.6) is 0 Å². The molecule has 5 fully saturated rings. The number of carbonyl (C=O) groups is 2. The SMILES string of the molecule is O=C(CC12CC3CC(CC(C3)C1)C2)N1CCCN(C(=O)c2cccc3ccccc23)CC1. The van der Waals surface area contributed by atoms with Crippen molar-refractivity contribution in [2.75, 3.05) is 26.2 Å². The Balaban J connectivity index is 1.13. The van der Waals surface area contributed by atoms with Crippen LogP contribution in [0.3, 0.4) is 0 Å². The van der Waals surface area contributed by atoms with Gasteiger partial charge < -0.3 is 9.80 Å². The molecule has 4 nitrogen and oxygen atoms in total. The zero-order valence-corrected chi connectivity index (χ0v) is 19.0. The van der Waals surface area contributed by atoms with E-state index >= 15 is 0 Å². The smallest absolute Gasteiger partial charge is 0.254 e. The molecule has 0 atom stereocenters. The zero-order chi connectivity index (χ0) is 21.7. The summed E-state index contributed by atoms with van der Waals surface area (Å²) in [6.07, 6.45) is 9.71. The lowest BCUT2D eigenvalue weighted by atomic mass is 9.49. The molecule has 0 unspecified atom stereocenters. The van der Waals surface area contributed by atoms with Crippen molar-refractivity contribution in [2.45, 2.75) is 51.4 Å². The van der Waals surface area contributed by atoms with E-state index in [0.717, 1.165) is 60.0 Å². The van der Waals surface area contributed by atoms with Crippen molar-refractivity contribution >= 4 is 22.6 Å². The third-order valence-corrected chi connectivity index (χ3v) is 8.85. The molecule has 7 rings (SSSR count). The summed E-state index contributed by atoms with van der Waals surface area (Å²) >= 11 is 0. The van der Waals surface area contributed by atoms with Crippen molar-refractivity contribution in [3.63, 3.8) is 0 Å². The first kappa shape index (κ1) is 20.3. The fourth-order valence-corrected chi connectivity index (χ4v) is 7.89. The molecular weight excluding hydrogens is 396 g/mol. The molecule has 32 heavy (non-hydrogen) atoms. The van der Waals surface area contributed by atoms with Gasteiger partial charge in [-0.15, -0.1) is 0 Å². The molecule has 0 spiro atoms. The molecule has 2 aromatic carbocycles. The third kappa shape index (κ3) is 3.62. The molecule has 168 valence electrons. The second-order valence-electron chi connectivity index (χ2n) is 11.1. The Morgan fingerprint density at radius 2 is 1.41 bits per heavy atom. The second-order valence-corrected chi connectivity index (χ2v) is 11.1. The first-order valence-corrected chi connectivity index (χ1v) is 12.6. The number of nitrogens with zero attached hydrogens (tertiary/aromatic N) is 2. The Kier molecular flexibility index (Phi) is 5.00. The van der Waals surface area contributed by atoms with E-state index in [4.69, 9.17) is 0 Å². The summed E-state index contributed by atoms with van der Waals surface area (Å²) in [7, 11) is 0. The molecule has 5 aliphatic rings. The van der Waals surface area contributed by atoms with Gasteiger partial charge in [0.15, 0.2) is 0 Å². The van der Waals surface area contributed by atoms with Gasteiger partial charge in [0.1, 0.15) is 0 Å². The van der Waals surface area contributed by atoms with Crippen LogP contribution < -0.4 is 0 Å². The maximum Gasteiger partial charge on any atom is 0.254 e. The monoisotopic (exact) mass is 430 g/mol. The van der Waals surface area contributed by atoms with Gasteiger partial charge in [-0.3, -0.25) is 9.59 Å². The van der Waals surface area contributed by atoms with Crippen LogP contribution in [-0.4, -0.2) is 47.8 Å². The molecule has 1 saturated heterocycles. The van der Waals surface area contributed by atoms with E-state index in [-0.39, 0.29) is 11.3 Å². The average molecular weight is 431 g/mol. The van der Waals surface area contributed by atoms with E-state index in [9.17, 15) is 9.59 Å². The number of benzene rings is 2. The molecule has 4 aliphatic carbocycles. The Labute approximate surface area is 191 Å². The van der Waals surface area contributed by atoms with Gasteiger partial charge in [0, 0.05) is 38.2 Å². The van der Waals surface area contributed by atoms with Crippen molar-refractivity contribution < 1.29 is 9.59 Å². The highest BCUT2D eigenvalue weighted by Crippen LogP contribution is 2.61. The summed E-state index contributed by atoms with van der Waals surface area (Å²) in [4.78, 5) is 30.8. The van der Waals surface area contributed by atoms with Crippen LogP contribution >= 0.6 is 0 Å². The van der Waals surface area contributed by atoms with E-state index in [1.807, 2.05) is 35.2 Å². The molecule has 4 heteroatoms. The lowest BCUT2D eigenvalue weighted by Crippen LogP contribution is -2.48. The first-order chi connectivity index (χ1) is 15.6. The zero-order valence-electron chi connectivity index (χ0n) is 19.0. The Morgan fingerprint density at radius 1 is 0.781 bits per heavy atom. The summed E-state index contributed by atoms with van der Waals surface area (Å²) in [6, 6.07) is 14.0. The molecule has 2 amide bonds. The van der Waals surface area contributed by atoms with Gasteiger partial charge in [0.2, 0.25) is 5.91 Å². The number of hydrogen-bond donors (Lipinski definition) is 0. The minimum Gasteiger partial charge on any atom is -0.341 e. The van der Waals surface area contributed by atoms with E-state index in [1.54, 1.807) is 0 Å². The van der Waals surface area contributed by atoms with Gasteiger partial charge in [-0.25, -0.2) is 0 Å². The molecule has 1 heterocycles. The van der Waals surface area contributed by atoms with Crippen LogP contribution in [0.15, 0.2) is 42.5 Å². The minimum atomic E-state index is 0.0946. The largest absolute Gasteiger partial charge is 0.341 e. The second kappa shape index (κ2) is 7.90. The quantitative estimate of drug-likeness (QED) is 0.678. The minimum absolute atomic E-state index is 0.0946. The fourth-order valence-electron chi connectivity index (χ4n) is 7.89. The normalized spacial score (nSPS) is 31.7. The Hall–Kier alpha value is -2.36. The van der Waals surface area contributed by atoms with Gasteiger partial charge in [-0.05, 0) is 85.0 Å². The molecule has 0 radical (unpaired) electrons. The van der Waals surface area contributed by atoms with Crippen molar-refractivity contribution in [3.8, 4) is 0 Å². The molecule has 2 aromatic rings.